The molecule has 0 radical (unpaired) electrons. The molecule has 0 aromatic heterocycles. The third-order valence-electron chi connectivity index (χ3n) is 24.9. The number of rotatable bonds is 35. The second-order valence-corrected chi connectivity index (χ2v) is 34.6. The number of carbonyl (C=O) groups excluding carboxylic acids is 5. The van der Waals surface area contributed by atoms with Gasteiger partial charge in [0.1, 0.15) is 262 Å². The SMILES string of the molecule is CC(=O)N[C@@H]1[C@@H](O)[C@H](O[C@@H]2O[C@H](CO)[C@@H](O[C@@H]3O[C@H](CO[C@H]4O[C@H](CO[C@@H]5O[C@H](CO)[C@@H](O[C@@H]6O[C@H](CO)[C@H](O)[C@H](O)[C@H]6O)[C@H](O)[C@H]5NC(C)=O)[C@@H](O)[C@H](O)[C@@H]4O[C@@H]4O[C@H](CO)[C@@H](O[C@@H]5O[C@H](CO)[C@H](O)[C@H](O)[C@H]5O)[C@H](O)[C@H]4NC(C)=O)[C@@H](O)[C@H](O[C@H]4O[C@H](CO)[C@@H](O)[C@H](O)[C@@H]4O[C@@H]4O[C@H](CO)[C@@H](O)[C@H](O)[C@H]4NC(C)=O)[C@@H]3O)[C@H](O)[C@H]2NC(C)=O)[C@@H](CO[C@@H]2O[C@@H](C)[C@@H](O)[C@H](O)[C@@H]2O)O[C@H]1O. The third-order valence-corrected chi connectivity index (χ3v) is 24.9. The second-order valence-electron chi connectivity index (χ2n) is 34.6. The first-order chi connectivity index (χ1) is 64.3. The molecule has 0 unspecified atom stereocenters. The van der Waals surface area contributed by atoms with Crippen LogP contribution in [0.25, 0.3) is 0 Å². The van der Waals surface area contributed by atoms with Crippen LogP contribution in [0.15, 0.2) is 0 Å². The van der Waals surface area contributed by atoms with Crippen molar-refractivity contribution in [1.29, 1.82) is 0 Å². The lowest BCUT2D eigenvalue weighted by molar-refractivity contribution is -0.397. The van der Waals surface area contributed by atoms with E-state index in [1.165, 1.54) is 6.92 Å². The molecule has 0 aromatic rings. The fraction of sp³-hybridized carbons (Fsp3) is 0.934. The normalized spacial score (nSPS) is 49.2. The van der Waals surface area contributed by atoms with E-state index in [4.69, 9.17) is 99.5 Å². The zero-order chi connectivity index (χ0) is 100. The molecule has 11 rings (SSSR count). The molecule has 11 heterocycles. The van der Waals surface area contributed by atoms with Crippen LogP contribution < -0.4 is 26.6 Å². The van der Waals surface area contributed by atoms with Crippen molar-refractivity contribution in [2.45, 2.75) is 379 Å². The number of hydrogen-bond acceptors (Lipinski definition) is 55. The van der Waals surface area contributed by atoms with Crippen molar-refractivity contribution in [3.8, 4) is 0 Å². The number of aliphatic hydroxyl groups is 29. The highest BCUT2D eigenvalue weighted by molar-refractivity contribution is 5.75. The zero-order valence-electron chi connectivity index (χ0n) is 73.4. The lowest BCUT2D eigenvalue weighted by atomic mass is 9.93. The first-order valence-electron chi connectivity index (χ1n) is 43.5. The molecule has 0 aromatic carbocycles. The van der Waals surface area contributed by atoms with E-state index in [2.05, 4.69) is 26.6 Å². The Bertz CT molecular complexity index is 3760. The summed E-state index contributed by atoms with van der Waals surface area (Å²) < 4.78 is 126. The van der Waals surface area contributed by atoms with E-state index in [0.717, 1.165) is 34.6 Å². The van der Waals surface area contributed by atoms with Crippen LogP contribution in [-0.4, -0.2) is 581 Å². The summed E-state index contributed by atoms with van der Waals surface area (Å²) >= 11 is 0. The Kier molecular flexibility index (Phi) is 40.1. The fourth-order valence-electron chi connectivity index (χ4n) is 17.6. The van der Waals surface area contributed by atoms with Crippen molar-refractivity contribution in [3.05, 3.63) is 0 Å². The van der Waals surface area contributed by atoms with Gasteiger partial charge in [0.15, 0.2) is 69.2 Å². The minimum absolute atomic E-state index is 0.866. The summed E-state index contributed by atoms with van der Waals surface area (Å²) in [6.45, 7) is -5.32. The molecule has 786 valence electrons. The monoisotopic (exact) mass is 1990 g/mol. The standard InChI is InChI=1S/C76H127N5O55/c1-17-38(94)50(106)55(111)71(119-17)117-16-32-62(46(102)33(66(115)120-32)77-18(2)89)130-69-36(80-21(5)92)48(104)61(29(13-88)126-69)133-74-58(114)63(134-76-65(53(109)42(98)26(10-85)124-76)136-68-34(78-19(3)90)45(101)39(95)23(7-82)121-68)44(100)31(128-74)15-118-75-64(135-70-37(81-22(6)93)49(105)60(28(12-87)127-70)132-73-57(113)52(108)41(97)25(9-84)123-73)54(110)43(99)30(129-75)14-116-67-35(79-20(4)91)47(103)59(27(11-86)125-67)131-72-56(112)51(107)40(96)24(8-83)122-72/h17,23-76,82-88,94-115H,7-16H2,1-6H3,(H,77,89)(H,78,90)(H,79,91)(H,80,92)(H,81,93)/t17-,23+,24+,25+,26+,27+,28+,29+,30+,31+,32+,33+,34+,35+,36+,37+,38+,39+,40-,41-,42+,43+,44+,45+,46+,47+,48+,49+,50-,51-,52-,53-,54-,55-,56+,57+,58-,59+,60+,61+,62+,63-,64-,65-,66+,67+,68-,69-,70-,71+,72-,73-,74-,75-,76+/m0/s1. The summed E-state index contributed by atoms with van der Waals surface area (Å²) in [4.78, 5) is 64.8. The van der Waals surface area contributed by atoms with Gasteiger partial charge in [-0.15, -0.1) is 0 Å². The van der Waals surface area contributed by atoms with E-state index in [1.54, 1.807) is 0 Å². The van der Waals surface area contributed by atoms with Gasteiger partial charge in [-0.05, 0) is 6.92 Å². The van der Waals surface area contributed by atoms with Crippen molar-refractivity contribution in [3.63, 3.8) is 0 Å². The highest BCUT2D eigenvalue weighted by atomic mass is 16.8. The number of aliphatic hydroxyl groups excluding tert-OH is 29. The number of carbonyl (C=O) groups is 5. The van der Waals surface area contributed by atoms with E-state index >= 15 is 0 Å². The molecule has 0 aliphatic carbocycles. The van der Waals surface area contributed by atoms with Gasteiger partial charge in [-0.25, -0.2) is 0 Å². The molecule has 11 aliphatic heterocycles. The first-order valence-corrected chi connectivity index (χ1v) is 43.5. The van der Waals surface area contributed by atoms with E-state index < -0.39 is 433 Å². The highest BCUT2D eigenvalue weighted by Gasteiger charge is 2.62. The van der Waals surface area contributed by atoms with Gasteiger partial charge in [-0.1, -0.05) is 0 Å². The van der Waals surface area contributed by atoms with Crippen molar-refractivity contribution in [2.75, 3.05) is 66.1 Å². The topological polar surface area (TPSA) is 926 Å². The van der Waals surface area contributed by atoms with E-state index in [9.17, 15) is 172 Å². The zero-order valence-corrected chi connectivity index (χ0v) is 73.4. The summed E-state index contributed by atoms with van der Waals surface area (Å²) in [5.41, 5.74) is 0. The van der Waals surface area contributed by atoms with Crippen LogP contribution in [0.4, 0.5) is 0 Å². The largest absolute Gasteiger partial charge is 0.394 e. The van der Waals surface area contributed by atoms with Gasteiger partial charge in [0.25, 0.3) is 0 Å². The Morgan fingerprint density at radius 1 is 0.206 bits per heavy atom. The van der Waals surface area contributed by atoms with Crippen LogP contribution in [0.5, 0.6) is 0 Å². The van der Waals surface area contributed by atoms with E-state index in [-0.39, 0.29) is 0 Å². The summed E-state index contributed by atoms with van der Waals surface area (Å²) in [6, 6.07) is -9.64. The molecule has 5 amide bonds. The summed E-state index contributed by atoms with van der Waals surface area (Å²) in [6.07, 6.45) is -106. The quantitative estimate of drug-likeness (QED) is 0.0280. The van der Waals surface area contributed by atoms with Crippen molar-refractivity contribution < 1.29 is 272 Å². The summed E-state index contributed by atoms with van der Waals surface area (Å²) in [5.74, 6) is -4.76. The van der Waals surface area contributed by atoms with Crippen LogP contribution in [-0.2, 0) is 123 Å². The van der Waals surface area contributed by atoms with Crippen molar-refractivity contribution >= 4 is 29.5 Å². The van der Waals surface area contributed by atoms with Gasteiger partial charge in [0.05, 0.1) is 72.2 Å². The average Bonchev–Trinajstić information content (AvgIpc) is 0.765. The Balaban J connectivity index is 0.959. The maximum Gasteiger partial charge on any atom is 0.217 e. The molecule has 0 bridgehead atoms. The molecule has 0 spiro atoms. The Morgan fingerprint density at radius 2 is 0.463 bits per heavy atom. The molecule has 60 nitrogen and oxygen atoms in total. The smallest absolute Gasteiger partial charge is 0.217 e. The molecule has 11 fully saturated rings. The summed E-state index contributed by atoms with van der Waals surface area (Å²) in [7, 11) is 0. The molecule has 60 heteroatoms. The third kappa shape index (κ3) is 24.9. The number of amides is 5. The molecular formula is C76H127N5O55. The molecule has 11 aliphatic rings. The van der Waals surface area contributed by atoms with Gasteiger partial charge in [-0.2, -0.15) is 0 Å². The van der Waals surface area contributed by atoms with Gasteiger partial charge >= 0.3 is 0 Å². The van der Waals surface area contributed by atoms with Crippen LogP contribution >= 0.6 is 0 Å². The minimum atomic E-state index is -2.68. The average molecular weight is 1990 g/mol. The number of ether oxygens (including phenoxy) is 21. The summed E-state index contributed by atoms with van der Waals surface area (Å²) in [5, 5.41) is 338. The van der Waals surface area contributed by atoms with Crippen LogP contribution in [0.2, 0.25) is 0 Å². The molecule has 34 N–H and O–H groups in total. The molecule has 136 heavy (non-hydrogen) atoms. The maximum absolute atomic E-state index is 13.4. The van der Waals surface area contributed by atoms with Gasteiger partial charge in [0, 0.05) is 34.6 Å². The Hall–Kier alpha value is -4.65. The first kappa shape index (κ1) is 112. The molecule has 0 saturated carbocycles. The fourth-order valence-corrected chi connectivity index (χ4v) is 17.6. The van der Waals surface area contributed by atoms with Crippen LogP contribution in [0, 0.1) is 0 Å². The van der Waals surface area contributed by atoms with Gasteiger partial charge < -0.3 is 274 Å². The highest BCUT2D eigenvalue weighted by Crippen LogP contribution is 2.41. The minimum Gasteiger partial charge on any atom is -0.394 e. The van der Waals surface area contributed by atoms with Crippen molar-refractivity contribution in [1.82, 2.24) is 26.6 Å². The van der Waals surface area contributed by atoms with Crippen LogP contribution in [0.3, 0.4) is 0 Å². The van der Waals surface area contributed by atoms with Gasteiger partial charge in [-0.3, -0.25) is 24.0 Å². The molecule has 11 saturated heterocycles. The van der Waals surface area contributed by atoms with Crippen molar-refractivity contribution in [2.24, 2.45) is 0 Å². The Labute approximate surface area is 770 Å². The second kappa shape index (κ2) is 48.8. The predicted octanol–water partition coefficient (Wildman–Crippen LogP) is -23.2. The molecular weight excluding hydrogens is 1860 g/mol. The predicted molar refractivity (Wildman–Crippen MR) is 419 cm³/mol. The number of nitrogens with one attached hydrogen (secondary N) is 5. The maximum atomic E-state index is 13.4. The lowest BCUT2D eigenvalue weighted by Crippen LogP contribution is -2.71. The number of hydrogen-bond donors (Lipinski definition) is 34. The van der Waals surface area contributed by atoms with Gasteiger partial charge in [0.2, 0.25) is 29.5 Å². The van der Waals surface area contributed by atoms with Crippen LogP contribution in [0.1, 0.15) is 41.5 Å². The Morgan fingerprint density at radius 3 is 0.890 bits per heavy atom. The van der Waals surface area contributed by atoms with E-state index in [1.807, 2.05) is 0 Å². The molecule has 55 atom stereocenters. The van der Waals surface area contributed by atoms with E-state index in [0.29, 0.717) is 0 Å². The lowest BCUT2D eigenvalue weighted by Gasteiger charge is -2.51.